The average Bonchev–Trinajstić information content (AvgIpc) is 3.08. The lowest BCUT2D eigenvalue weighted by Gasteiger charge is -2.12. The molecule has 0 fully saturated rings. The zero-order chi connectivity index (χ0) is 21.5. The molecule has 0 radical (unpaired) electrons. The Morgan fingerprint density at radius 3 is 2.47 bits per heavy atom. The van der Waals surface area contributed by atoms with E-state index in [-0.39, 0.29) is 18.5 Å². The van der Waals surface area contributed by atoms with E-state index in [9.17, 15) is 9.59 Å². The summed E-state index contributed by atoms with van der Waals surface area (Å²) in [6, 6.07) is 13.6. The van der Waals surface area contributed by atoms with Gasteiger partial charge in [-0.2, -0.15) is 0 Å². The first-order chi connectivity index (χ1) is 14.5. The zero-order valence-electron chi connectivity index (χ0n) is 17.2. The van der Waals surface area contributed by atoms with E-state index in [0.717, 1.165) is 17.7 Å². The number of esters is 1. The summed E-state index contributed by atoms with van der Waals surface area (Å²) in [7, 11) is 0. The monoisotopic (exact) mass is 408 g/mol. The molecule has 156 valence electrons. The van der Waals surface area contributed by atoms with Crippen LogP contribution in [-0.2, 0) is 11.3 Å². The molecule has 1 aromatic heterocycles. The van der Waals surface area contributed by atoms with Crippen molar-refractivity contribution in [1.29, 1.82) is 0 Å². The highest BCUT2D eigenvalue weighted by Crippen LogP contribution is 2.23. The molecular formula is C23H24N2O5. The van der Waals surface area contributed by atoms with Crippen molar-refractivity contribution in [3.8, 4) is 5.75 Å². The molecular weight excluding hydrogens is 384 g/mol. The Hall–Kier alpha value is -3.61. The van der Waals surface area contributed by atoms with E-state index in [1.807, 2.05) is 20.8 Å². The number of ether oxygens (including phenoxy) is 2. The van der Waals surface area contributed by atoms with Crippen LogP contribution in [0.3, 0.4) is 0 Å². The Kier molecular flexibility index (Phi) is 6.85. The third kappa shape index (κ3) is 5.05. The third-order valence-electron chi connectivity index (χ3n) is 4.50. The summed E-state index contributed by atoms with van der Waals surface area (Å²) < 4.78 is 16.1. The Morgan fingerprint density at radius 1 is 1.07 bits per heavy atom. The van der Waals surface area contributed by atoms with Crippen molar-refractivity contribution < 1.29 is 23.6 Å². The smallest absolute Gasteiger partial charge is 0.338 e. The topological polar surface area (TPSA) is 90.7 Å². The van der Waals surface area contributed by atoms with Crippen LogP contribution in [0.5, 0.6) is 5.75 Å². The van der Waals surface area contributed by atoms with Crippen molar-refractivity contribution >= 4 is 17.6 Å². The van der Waals surface area contributed by atoms with E-state index in [1.165, 1.54) is 0 Å². The number of anilines is 1. The van der Waals surface area contributed by atoms with Gasteiger partial charge in [0.05, 0.1) is 29.0 Å². The van der Waals surface area contributed by atoms with Crippen molar-refractivity contribution in [1.82, 2.24) is 5.16 Å². The number of nitrogens with zero attached hydrogens (tertiary/aromatic N) is 1. The molecule has 0 aliphatic carbocycles. The molecule has 1 N–H and O–H groups in total. The van der Waals surface area contributed by atoms with Gasteiger partial charge in [0, 0.05) is 5.69 Å². The minimum absolute atomic E-state index is 0.250. The SMILES string of the molecule is CCCOC(=O)c1ccc(NC(=O)c2ccccc2OCc2c(C)noc2C)cc1. The Bertz CT molecular complexity index is 1000. The van der Waals surface area contributed by atoms with Gasteiger partial charge < -0.3 is 19.3 Å². The van der Waals surface area contributed by atoms with E-state index >= 15 is 0 Å². The maximum atomic E-state index is 12.8. The first kappa shape index (κ1) is 21.1. The van der Waals surface area contributed by atoms with Gasteiger partial charge in [-0.15, -0.1) is 0 Å². The van der Waals surface area contributed by atoms with Crippen LogP contribution < -0.4 is 10.1 Å². The van der Waals surface area contributed by atoms with Crippen LogP contribution in [0, 0.1) is 13.8 Å². The van der Waals surface area contributed by atoms with E-state index in [0.29, 0.717) is 34.9 Å². The molecule has 7 heteroatoms. The predicted octanol–water partition coefficient (Wildman–Crippen LogP) is 4.69. The highest BCUT2D eigenvalue weighted by atomic mass is 16.5. The molecule has 3 rings (SSSR count). The van der Waals surface area contributed by atoms with Gasteiger partial charge in [0.25, 0.3) is 5.91 Å². The van der Waals surface area contributed by atoms with Crippen molar-refractivity contribution in [2.45, 2.75) is 33.8 Å². The maximum absolute atomic E-state index is 12.8. The van der Waals surface area contributed by atoms with Gasteiger partial charge in [0.1, 0.15) is 18.1 Å². The van der Waals surface area contributed by atoms with Crippen molar-refractivity contribution in [2.24, 2.45) is 0 Å². The second-order valence-corrected chi connectivity index (χ2v) is 6.75. The molecule has 30 heavy (non-hydrogen) atoms. The summed E-state index contributed by atoms with van der Waals surface area (Å²) in [6.45, 7) is 6.22. The second-order valence-electron chi connectivity index (χ2n) is 6.75. The van der Waals surface area contributed by atoms with Gasteiger partial charge in [-0.05, 0) is 56.7 Å². The average molecular weight is 408 g/mol. The number of carbonyl (C=O) groups excluding carboxylic acids is 2. The molecule has 0 atom stereocenters. The molecule has 0 aliphatic rings. The number of aromatic nitrogens is 1. The van der Waals surface area contributed by atoms with Crippen LogP contribution in [0.15, 0.2) is 53.1 Å². The summed E-state index contributed by atoms with van der Waals surface area (Å²) in [5.41, 5.74) is 3.01. The van der Waals surface area contributed by atoms with Crippen LogP contribution in [-0.4, -0.2) is 23.6 Å². The van der Waals surface area contributed by atoms with Crippen LogP contribution in [0.4, 0.5) is 5.69 Å². The van der Waals surface area contributed by atoms with Crippen LogP contribution in [0.1, 0.15) is 51.1 Å². The minimum Gasteiger partial charge on any atom is -0.488 e. The van der Waals surface area contributed by atoms with Gasteiger partial charge in [-0.1, -0.05) is 24.2 Å². The summed E-state index contributed by atoms with van der Waals surface area (Å²) in [4.78, 5) is 24.7. The minimum atomic E-state index is -0.382. The molecule has 1 heterocycles. The number of nitrogens with one attached hydrogen (secondary N) is 1. The number of hydrogen-bond donors (Lipinski definition) is 1. The van der Waals surface area contributed by atoms with Gasteiger partial charge in [0.15, 0.2) is 0 Å². The normalized spacial score (nSPS) is 10.5. The molecule has 0 aliphatic heterocycles. The highest BCUT2D eigenvalue weighted by molar-refractivity contribution is 6.06. The molecule has 0 unspecified atom stereocenters. The lowest BCUT2D eigenvalue weighted by atomic mass is 10.1. The Morgan fingerprint density at radius 2 is 1.80 bits per heavy atom. The molecule has 0 saturated carbocycles. The fourth-order valence-electron chi connectivity index (χ4n) is 2.80. The number of hydrogen-bond acceptors (Lipinski definition) is 6. The summed E-state index contributed by atoms with van der Waals surface area (Å²) in [6.07, 6.45) is 0.762. The first-order valence-corrected chi connectivity index (χ1v) is 9.71. The van der Waals surface area contributed by atoms with E-state index in [2.05, 4.69) is 10.5 Å². The molecule has 0 spiro atoms. The zero-order valence-corrected chi connectivity index (χ0v) is 17.2. The highest BCUT2D eigenvalue weighted by Gasteiger charge is 2.15. The molecule has 2 aromatic carbocycles. The third-order valence-corrected chi connectivity index (χ3v) is 4.50. The number of benzene rings is 2. The van der Waals surface area contributed by atoms with E-state index < -0.39 is 0 Å². The number of carbonyl (C=O) groups is 2. The fraction of sp³-hybridized carbons (Fsp3) is 0.261. The molecule has 3 aromatic rings. The van der Waals surface area contributed by atoms with Crippen molar-refractivity contribution in [3.63, 3.8) is 0 Å². The number of amides is 1. The van der Waals surface area contributed by atoms with Crippen molar-refractivity contribution in [3.05, 3.63) is 76.7 Å². The van der Waals surface area contributed by atoms with Crippen molar-refractivity contribution in [2.75, 3.05) is 11.9 Å². The summed E-state index contributed by atoms with van der Waals surface area (Å²) >= 11 is 0. The Labute approximate surface area is 175 Å². The standard InChI is InChI=1S/C23H24N2O5/c1-4-13-28-23(27)17-9-11-18(12-10-17)24-22(26)19-7-5-6-8-21(19)29-14-20-15(2)25-30-16(20)3/h5-12H,4,13-14H2,1-3H3,(H,24,26). The maximum Gasteiger partial charge on any atom is 0.338 e. The molecule has 0 bridgehead atoms. The van der Waals surface area contributed by atoms with Gasteiger partial charge in [-0.3, -0.25) is 4.79 Å². The Balaban J connectivity index is 1.68. The fourth-order valence-corrected chi connectivity index (χ4v) is 2.80. The summed E-state index contributed by atoms with van der Waals surface area (Å²) in [5.74, 6) is 0.445. The number of rotatable bonds is 8. The van der Waals surface area contributed by atoms with E-state index in [1.54, 1.807) is 48.5 Å². The van der Waals surface area contributed by atoms with Gasteiger partial charge >= 0.3 is 5.97 Å². The second kappa shape index (κ2) is 9.73. The lowest BCUT2D eigenvalue weighted by Crippen LogP contribution is -2.14. The lowest BCUT2D eigenvalue weighted by molar-refractivity contribution is 0.0505. The molecule has 1 amide bonds. The predicted molar refractivity (Wildman–Crippen MR) is 112 cm³/mol. The summed E-state index contributed by atoms with van der Waals surface area (Å²) in [5, 5.41) is 6.73. The largest absolute Gasteiger partial charge is 0.488 e. The number of aryl methyl sites for hydroxylation is 2. The first-order valence-electron chi connectivity index (χ1n) is 9.71. The van der Waals surface area contributed by atoms with Crippen LogP contribution in [0.2, 0.25) is 0 Å². The number of para-hydroxylation sites is 1. The van der Waals surface area contributed by atoms with Crippen LogP contribution >= 0.6 is 0 Å². The van der Waals surface area contributed by atoms with Gasteiger partial charge in [-0.25, -0.2) is 4.79 Å². The van der Waals surface area contributed by atoms with Crippen LogP contribution in [0.25, 0.3) is 0 Å². The van der Waals surface area contributed by atoms with Gasteiger partial charge in [0.2, 0.25) is 0 Å². The van der Waals surface area contributed by atoms with E-state index in [4.69, 9.17) is 14.0 Å². The molecule has 0 saturated heterocycles. The quantitative estimate of drug-likeness (QED) is 0.544. The molecule has 7 nitrogen and oxygen atoms in total.